The monoisotopic (exact) mass is 430 g/mol. The smallest absolute Gasteiger partial charge is 0.341 e. The fourth-order valence-corrected chi connectivity index (χ4v) is 4.34. The number of nitrogens with zero attached hydrogens (tertiary/aromatic N) is 3. The van der Waals surface area contributed by atoms with Crippen LogP contribution in [0.3, 0.4) is 0 Å². The lowest BCUT2D eigenvalue weighted by atomic mass is 10.3. The van der Waals surface area contributed by atoms with Gasteiger partial charge in [0.25, 0.3) is 0 Å². The SMILES string of the molecule is O=C(CN1CCCN(c2nccs2)CC1)Nc1ccc(S(=O)(=O)C(F)F)cc1. The Hall–Kier alpha value is -2.11. The van der Waals surface area contributed by atoms with E-state index in [2.05, 4.69) is 15.2 Å². The van der Waals surface area contributed by atoms with Gasteiger partial charge < -0.3 is 10.2 Å². The molecule has 0 unspecified atom stereocenters. The number of alkyl halides is 2. The number of anilines is 2. The molecule has 152 valence electrons. The molecule has 1 aliphatic rings. The second-order valence-corrected chi connectivity index (χ2v) is 9.10. The Bertz CT molecular complexity index is 890. The summed E-state index contributed by atoms with van der Waals surface area (Å²) in [5, 5.41) is 5.58. The van der Waals surface area contributed by atoms with Crippen LogP contribution in [0.5, 0.6) is 0 Å². The molecule has 1 aromatic carbocycles. The minimum Gasteiger partial charge on any atom is -0.347 e. The summed E-state index contributed by atoms with van der Waals surface area (Å²) in [6.45, 7) is 3.36. The first-order valence-corrected chi connectivity index (χ1v) is 11.1. The van der Waals surface area contributed by atoms with E-state index in [1.54, 1.807) is 17.5 Å². The molecule has 1 N–H and O–H groups in total. The molecule has 11 heteroatoms. The molecule has 1 aliphatic heterocycles. The Morgan fingerprint density at radius 2 is 1.93 bits per heavy atom. The molecule has 0 atom stereocenters. The summed E-state index contributed by atoms with van der Waals surface area (Å²) in [4.78, 5) is 20.4. The van der Waals surface area contributed by atoms with Crippen molar-refractivity contribution in [2.45, 2.75) is 17.1 Å². The summed E-state index contributed by atoms with van der Waals surface area (Å²) in [6, 6.07) is 4.74. The van der Waals surface area contributed by atoms with E-state index in [1.165, 1.54) is 12.1 Å². The van der Waals surface area contributed by atoms with Gasteiger partial charge in [0.05, 0.1) is 11.4 Å². The summed E-state index contributed by atoms with van der Waals surface area (Å²) >= 11 is 1.59. The van der Waals surface area contributed by atoms with E-state index in [0.29, 0.717) is 5.69 Å². The van der Waals surface area contributed by atoms with Gasteiger partial charge in [-0.05, 0) is 30.7 Å². The van der Waals surface area contributed by atoms with Gasteiger partial charge in [0.1, 0.15) is 0 Å². The maximum atomic E-state index is 12.6. The molecule has 0 bridgehead atoms. The summed E-state index contributed by atoms with van der Waals surface area (Å²) in [7, 11) is -4.64. The molecular formula is C17H20F2N4O3S2. The molecule has 1 amide bonds. The summed E-state index contributed by atoms with van der Waals surface area (Å²) < 4.78 is 47.9. The van der Waals surface area contributed by atoms with Crippen molar-refractivity contribution in [3.05, 3.63) is 35.8 Å². The molecule has 3 rings (SSSR count). The summed E-state index contributed by atoms with van der Waals surface area (Å²) in [6.07, 6.45) is 2.68. The van der Waals surface area contributed by atoms with Crippen LogP contribution >= 0.6 is 11.3 Å². The standard InChI is InChI=1S/C17H20F2N4O3S2/c18-16(19)28(25,26)14-4-2-13(3-5-14)21-15(24)12-22-7-1-8-23(10-9-22)17-20-6-11-27-17/h2-6,11,16H,1,7-10,12H2,(H,21,24). The molecule has 0 saturated carbocycles. The van der Waals surface area contributed by atoms with E-state index >= 15 is 0 Å². The lowest BCUT2D eigenvalue weighted by Gasteiger charge is -2.21. The van der Waals surface area contributed by atoms with E-state index in [-0.39, 0.29) is 12.5 Å². The van der Waals surface area contributed by atoms with E-state index in [1.807, 2.05) is 10.3 Å². The number of amides is 1. The maximum absolute atomic E-state index is 12.6. The number of thiazole rings is 1. The minimum atomic E-state index is -4.64. The number of nitrogens with one attached hydrogen (secondary N) is 1. The Morgan fingerprint density at radius 1 is 1.18 bits per heavy atom. The van der Waals surface area contributed by atoms with E-state index < -0.39 is 20.5 Å². The molecule has 1 fully saturated rings. The predicted octanol–water partition coefficient (Wildman–Crippen LogP) is 2.29. The number of carbonyl (C=O) groups is 1. The highest BCUT2D eigenvalue weighted by atomic mass is 32.2. The third-order valence-corrected chi connectivity index (χ3v) is 6.58. The molecule has 2 aromatic rings. The zero-order valence-corrected chi connectivity index (χ0v) is 16.6. The third kappa shape index (κ3) is 5.03. The number of carbonyl (C=O) groups excluding carboxylic acids is 1. The molecule has 7 nitrogen and oxygen atoms in total. The molecule has 0 radical (unpaired) electrons. The maximum Gasteiger partial charge on any atom is 0.341 e. The Balaban J connectivity index is 1.53. The van der Waals surface area contributed by atoms with Gasteiger partial charge >= 0.3 is 5.76 Å². The van der Waals surface area contributed by atoms with Crippen molar-refractivity contribution in [2.75, 3.05) is 42.9 Å². The van der Waals surface area contributed by atoms with Crippen molar-refractivity contribution in [1.29, 1.82) is 0 Å². The highest BCUT2D eigenvalue weighted by molar-refractivity contribution is 7.91. The van der Waals surface area contributed by atoms with Crippen LogP contribution < -0.4 is 10.2 Å². The fourth-order valence-electron chi connectivity index (χ4n) is 2.93. The van der Waals surface area contributed by atoms with Crippen molar-refractivity contribution >= 4 is 37.9 Å². The molecule has 2 heterocycles. The third-order valence-electron chi connectivity index (χ3n) is 4.35. The molecule has 1 saturated heterocycles. The first-order valence-electron chi connectivity index (χ1n) is 8.65. The van der Waals surface area contributed by atoms with Crippen LogP contribution in [0, 0.1) is 0 Å². The Kier molecular flexibility index (Phi) is 6.57. The lowest BCUT2D eigenvalue weighted by molar-refractivity contribution is -0.117. The van der Waals surface area contributed by atoms with Crippen LogP contribution in [0.2, 0.25) is 0 Å². The van der Waals surface area contributed by atoms with Gasteiger partial charge in [-0.15, -0.1) is 11.3 Å². The topological polar surface area (TPSA) is 82.6 Å². The Labute approximate surface area is 165 Å². The van der Waals surface area contributed by atoms with Crippen molar-refractivity contribution < 1.29 is 22.0 Å². The first-order chi connectivity index (χ1) is 13.4. The summed E-state index contributed by atoms with van der Waals surface area (Å²) in [5.74, 6) is -3.72. The van der Waals surface area contributed by atoms with Crippen molar-refractivity contribution in [3.8, 4) is 0 Å². The zero-order valence-electron chi connectivity index (χ0n) is 14.9. The second kappa shape index (κ2) is 8.93. The number of benzene rings is 1. The number of rotatable bonds is 6. The van der Waals surface area contributed by atoms with Crippen molar-refractivity contribution in [3.63, 3.8) is 0 Å². The molecule has 0 aliphatic carbocycles. The quantitative estimate of drug-likeness (QED) is 0.757. The van der Waals surface area contributed by atoms with E-state index in [4.69, 9.17) is 0 Å². The first kappa shape index (κ1) is 20.6. The number of aromatic nitrogens is 1. The van der Waals surface area contributed by atoms with Gasteiger partial charge in [-0.1, -0.05) is 0 Å². The lowest BCUT2D eigenvalue weighted by Crippen LogP contribution is -2.36. The predicted molar refractivity (Wildman–Crippen MR) is 104 cm³/mol. The largest absolute Gasteiger partial charge is 0.347 e. The van der Waals surface area contributed by atoms with Crippen LogP contribution in [-0.4, -0.2) is 62.7 Å². The molecule has 1 aromatic heterocycles. The number of hydrogen-bond donors (Lipinski definition) is 1. The van der Waals surface area contributed by atoms with Crippen LogP contribution in [0.4, 0.5) is 19.6 Å². The van der Waals surface area contributed by atoms with Gasteiger partial charge in [-0.3, -0.25) is 9.69 Å². The highest BCUT2D eigenvalue weighted by Gasteiger charge is 2.26. The van der Waals surface area contributed by atoms with Crippen LogP contribution in [0.1, 0.15) is 6.42 Å². The molecular weight excluding hydrogens is 410 g/mol. The Morgan fingerprint density at radius 3 is 2.57 bits per heavy atom. The fraction of sp³-hybridized carbons (Fsp3) is 0.412. The van der Waals surface area contributed by atoms with Gasteiger partial charge in [-0.25, -0.2) is 13.4 Å². The van der Waals surface area contributed by atoms with Crippen molar-refractivity contribution in [1.82, 2.24) is 9.88 Å². The van der Waals surface area contributed by atoms with Gasteiger partial charge in [0.15, 0.2) is 5.13 Å². The van der Waals surface area contributed by atoms with Crippen LogP contribution in [0.25, 0.3) is 0 Å². The number of hydrogen-bond acceptors (Lipinski definition) is 7. The number of sulfone groups is 1. The van der Waals surface area contributed by atoms with Gasteiger partial charge in [0.2, 0.25) is 15.7 Å². The average molecular weight is 431 g/mol. The second-order valence-electron chi connectivity index (χ2n) is 6.31. The zero-order chi connectivity index (χ0) is 20.1. The highest BCUT2D eigenvalue weighted by Crippen LogP contribution is 2.21. The van der Waals surface area contributed by atoms with Crippen LogP contribution in [-0.2, 0) is 14.6 Å². The molecule has 0 spiro atoms. The normalized spacial score (nSPS) is 16.2. The van der Waals surface area contributed by atoms with E-state index in [0.717, 1.165) is 49.9 Å². The minimum absolute atomic E-state index is 0.197. The van der Waals surface area contributed by atoms with Gasteiger partial charge in [0, 0.05) is 43.4 Å². The molecule has 28 heavy (non-hydrogen) atoms. The average Bonchev–Trinajstić information content (AvgIpc) is 3.09. The summed E-state index contributed by atoms with van der Waals surface area (Å²) in [5.41, 5.74) is 0.359. The van der Waals surface area contributed by atoms with Crippen LogP contribution in [0.15, 0.2) is 40.7 Å². The van der Waals surface area contributed by atoms with Gasteiger partial charge in [-0.2, -0.15) is 8.78 Å². The van der Waals surface area contributed by atoms with E-state index in [9.17, 15) is 22.0 Å². The number of halogens is 2. The van der Waals surface area contributed by atoms with Crippen molar-refractivity contribution in [2.24, 2.45) is 0 Å².